The molecular formula is C18H20N4O. The Morgan fingerprint density at radius 3 is 2.61 bits per heavy atom. The zero-order valence-electron chi connectivity index (χ0n) is 13.1. The molecule has 1 heterocycles. The third kappa shape index (κ3) is 3.64. The number of benzene rings is 2. The van der Waals surface area contributed by atoms with Crippen LogP contribution in [0.15, 0.2) is 55.1 Å². The predicted molar refractivity (Wildman–Crippen MR) is 89.0 cm³/mol. The molecule has 0 fully saturated rings. The number of nitrogens with zero attached hydrogens (tertiary/aromatic N) is 3. The molecule has 5 nitrogen and oxygen atoms in total. The number of aliphatic hydroxyl groups is 1. The van der Waals surface area contributed by atoms with E-state index < -0.39 is 0 Å². The summed E-state index contributed by atoms with van der Waals surface area (Å²) in [5.41, 5.74) is 5.51. The number of rotatable bonds is 6. The zero-order chi connectivity index (χ0) is 16.1. The molecular weight excluding hydrogens is 288 g/mol. The van der Waals surface area contributed by atoms with E-state index in [-0.39, 0.29) is 6.61 Å². The van der Waals surface area contributed by atoms with E-state index in [4.69, 9.17) is 0 Å². The lowest BCUT2D eigenvalue weighted by atomic mass is 10.1. The number of nitrogens with one attached hydrogen (secondary N) is 1. The molecule has 2 aromatic carbocycles. The van der Waals surface area contributed by atoms with Crippen molar-refractivity contribution < 1.29 is 5.11 Å². The molecule has 0 saturated heterocycles. The second kappa shape index (κ2) is 7.17. The summed E-state index contributed by atoms with van der Waals surface area (Å²) in [6.45, 7) is 3.66. The quantitative estimate of drug-likeness (QED) is 0.734. The highest BCUT2D eigenvalue weighted by atomic mass is 16.3. The van der Waals surface area contributed by atoms with Crippen LogP contribution in [-0.4, -0.2) is 19.9 Å². The van der Waals surface area contributed by atoms with Crippen molar-refractivity contribution in [1.29, 1.82) is 0 Å². The van der Waals surface area contributed by atoms with Crippen molar-refractivity contribution in [2.45, 2.75) is 26.6 Å². The maximum atomic E-state index is 9.35. The summed E-state index contributed by atoms with van der Waals surface area (Å²) in [7, 11) is 0. The SMILES string of the molecule is Cc1cc(CNCc2ccccc2CO)ccc1-n1cncn1. The van der Waals surface area contributed by atoms with Gasteiger partial charge in [0.15, 0.2) is 0 Å². The Balaban J connectivity index is 1.64. The van der Waals surface area contributed by atoms with Crippen LogP contribution in [0.4, 0.5) is 0 Å². The van der Waals surface area contributed by atoms with Crippen LogP contribution in [0.1, 0.15) is 22.3 Å². The molecule has 0 aliphatic heterocycles. The van der Waals surface area contributed by atoms with Crippen molar-refractivity contribution in [2.24, 2.45) is 0 Å². The Kier molecular flexibility index (Phi) is 4.80. The van der Waals surface area contributed by atoms with Gasteiger partial charge < -0.3 is 10.4 Å². The summed E-state index contributed by atoms with van der Waals surface area (Å²) >= 11 is 0. The van der Waals surface area contributed by atoms with Crippen LogP contribution in [0.5, 0.6) is 0 Å². The molecule has 118 valence electrons. The Bertz CT molecular complexity index is 768. The highest BCUT2D eigenvalue weighted by Gasteiger charge is 2.04. The maximum Gasteiger partial charge on any atom is 0.138 e. The summed E-state index contributed by atoms with van der Waals surface area (Å²) in [5.74, 6) is 0. The first-order valence-corrected chi connectivity index (χ1v) is 7.61. The molecule has 0 radical (unpaired) electrons. The third-order valence-corrected chi connectivity index (χ3v) is 3.86. The van der Waals surface area contributed by atoms with Crippen LogP contribution in [0, 0.1) is 6.92 Å². The number of aryl methyl sites for hydroxylation is 1. The number of hydrogen-bond acceptors (Lipinski definition) is 4. The van der Waals surface area contributed by atoms with Gasteiger partial charge in [0.05, 0.1) is 12.3 Å². The van der Waals surface area contributed by atoms with Gasteiger partial charge in [0.2, 0.25) is 0 Å². The normalized spacial score (nSPS) is 10.9. The molecule has 3 rings (SSSR count). The van der Waals surface area contributed by atoms with Crippen LogP contribution in [0.2, 0.25) is 0 Å². The monoisotopic (exact) mass is 308 g/mol. The summed E-state index contributed by atoms with van der Waals surface area (Å²) < 4.78 is 1.77. The molecule has 0 spiro atoms. The molecule has 0 unspecified atom stereocenters. The summed E-state index contributed by atoms with van der Waals surface area (Å²) in [6, 6.07) is 14.2. The van der Waals surface area contributed by atoms with Gasteiger partial charge >= 0.3 is 0 Å². The first-order valence-electron chi connectivity index (χ1n) is 7.61. The van der Waals surface area contributed by atoms with Crippen LogP contribution in [0.25, 0.3) is 5.69 Å². The van der Waals surface area contributed by atoms with Crippen molar-refractivity contribution in [1.82, 2.24) is 20.1 Å². The second-order valence-corrected chi connectivity index (χ2v) is 5.49. The van der Waals surface area contributed by atoms with Gasteiger partial charge in [-0.2, -0.15) is 5.10 Å². The lowest BCUT2D eigenvalue weighted by Gasteiger charge is -2.11. The minimum Gasteiger partial charge on any atom is -0.392 e. The van der Waals surface area contributed by atoms with Gasteiger partial charge in [-0.25, -0.2) is 9.67 Å². The highest BCUT2D eigenvalue weighted by molar-refractivity contribution is 5.41. The molecule has 0 bridgehead atoms. The van der Waals surface area contributed by atoms with E-state index in [2.05, 4.69) is 40.5 Å². The van der Waals surface area contributed by atoms with Gasteiger partial charge in [0.25, 0.3) is 0 Å². The summed E-state index contributed by atoms with van der Waals surface area (Å²) in [5, 5.41) is 16.9. The van der Waals surface area contributed by atoms with Crippen molar-refractivity contribution in [3.8, 4) is 5.69 Å². The van der Waals surface area contributed by atoms with E-state index in [1.165, 1.54) is 11.9 Å². The molecule has 0 aliphatic rings. The third-order valence-electron chi connectivity index (χ3n) is 3.86. The number of hydrogen-bond donors (Lipinski definition) is 2. The molecule has 0 atom stereocenters. The van der Waals surface area contributed by atoms with E-state index in [9.17, 15) is 5.11 Å². The van der Waals surface area contributed by atoms with Crippen LogP contribution < -0.4 is 5.32 Å². The topological polar surface area (TPSA) is 63.0 Å². The first kappa shape index (κ1) is 15.4. The second-order valence-electron chi connectivity index (χ2n) is 5.49. The van der Waals surface area contributed by atoms with E-state index in [0.29, 0.717) is 0 Å². The fraction of sp³-hybridized carbons (Fsp3) is 0.222. The molecule has 23 heavy (non-hydrogen) atoms. The Morgan fingerprint density at radius 1 is 1.09 bits per heavy atom. The standard InChI is InChI=1S/C18H20N4O/c1-14-8-15(6-7-18(14)22-13-20-12-21-22)9-19-10-16-4-2-3-5-17(16)11-23/h2-8,12-13,19,23H,9-11H2,1H3. The molecule has 0 amide bonds. The number of aliphatic hydroxyl groups excluding tert-OH is 1. The van der Waals surface area contributed by atoms with Crippen LogP contribution >= 0.6 is 0 Å². The summed E-state index contributed by atoms with van der Waals surface area (Å²) in [6.07, 6.45) is 3.24. The minimum absolute atomic E-state index is 0.0730. The zero-order valence-corrected chi connectivity index (χ0v) is 13.1. The average molecular weight is 308 g/mol. The fourth-order valence-electron chi connectivity index (χ4n) is 2.64. The van der Waals surface area contributed by atoms with Gasteiger partial charge in [-0.1, -0.05) is 36.4 Å². The van der Waals surface area contributed by atoms with Gasteiger partial charge in [0.1, 0.15) is 12.7 Å². The molecule has 3 aromatic rings. The van der Waals surface area contributed by atoms with E-state index in [1.54, 1.807) is 11.0 Å². The Labute approximate surface area is 135 Å². The Hall–Kier alpha value is -2.50. The lowest BCUT2D eigenvalue weighted by molar-refractivity contribution is 0.280. The van der Waals surface area contributed by atoms with Crippen molar-refractivity contribution >= 4 is 0 Å². The maximum absolute atomic E-state index is 9.35. The fourth-order valence-corrected chi connectivity index (χ4v) is 2.64. The molecule has 2 N–H and O–H groups in total. The van der Waals surface area contributed by atoms with Crippen LogP contribution in [-0.2, 0) is 19.7 Å². The highest BCUT2D eigenvalue weighted by Crippen LogP contribution is 2.15. The van der Waals surface area contributed by atoms with Crippen LogP contribution in [0.3, 0.4) is 0 Å². The van der Waals surface area contributed by atoms with Gasteiger partial charge in [0, 0.05) is 13.1 Å². The van der Waals surface area contributed by atoms with Crippen molar-refractivity contribution in [3.63, 3.8) is 0 Å². The molecule has 0 aliphatic carbocycles. The van der Waals surface area contributed by atoms with E-state index in [1.807, 2.05) is 24.3 Å². The van der Waals surface area contributed by atoms with Gasteiger partial charge in [-0.15, -0.1) is 0 Å². The largest absolute Gasteiger partial charge is 0.392 e. The molecule has 1 aromatic heterocycles. The van der Waals surface area contributed by atoms with E-state index >= 15 is 0 Å². The van der Waals surface area contributed by atoms with Gasteiger partial charge in [-0.05, 0) is 35.2 Å². The van der Waals surface area contributed by atoms with E-state index in [0.717, 1.165) is 35.5 Å². The summed E-state index contributed by atoms with van der Waals surface area (Å²) in [4.78, 5) is 3.98. The van der Waals surface area contributed by atoms with Crippen molar-refractivity contribution in [2.75, 3.05) is 0 Å². The Morgan fingerprint density at radius 2 is 1.91 bits per heavy atom. The van der Waals surface area contributed by atoms with Crippen molar-refractivity contribution in [3.05, 3.63) is 77.4 Å². The minimum atomic E-state index is 0.0730. The molecule has 0 saturated carbocycles. The first-order chi connectivity index (χ1) is 11.3. The average Bonchev–Trinajstić information content (AvgIpc) is 3.09. The predicted octanol–water partition coefficient (Wildman–Crippen LogP) is 2.36. The van der Waals surface area contributed by atoms with Gasteiger partial charge in [-0.3, -0.25) is 0 Å². The number of aromatic nitrogens is 3. The smallest absolute Gasteiger partial charge is 0.138 e. The lowest BCUT2D eigenvalue weighted by Crippen LogP contribution is -2.14. The molecule has 5 heteroatoms.